The Hall–Kier alpha value is -1.10. The summed E-state index contributed by atoms with van der Waals surface area (Å²) in [7, 11) is 0. The molecule has 4 atom stereocenters. The van der Waals surface area contributed by atoms with Gasteiger partial charge in [0.15, 0.2) is 0 Å². The van der Waals surface area contributed by atoms with E-state index in [1.54, 1.807) is 0 Å². The van der Waals surface area contributed by atoms with E-state index in [9.17, 15) is 4.79 Å². The maximum atomic E-state index is 12.5. The lowest BCUT2D eigenvalue weighted by atomic mass is 9.78. The van der Waals surface area contributed by atoms with Crippen LogP contribution in [0.15, 0.2) is 30.3 Å². The van der Waals surface area contributed by atoms with E-state index in [-0.39, 0.29) is 41.8 Å². The van der Waals surface area contributed by atoms with E-state index < -0.39 is 0 Å². The Morgan fingerprint density at radius 2 is 1.96 bits per heavy atom. The molecule has 25 heavy (non-hydrogen) atoms. The first-order valence-corrected chi connectivity index (χ1v) is 9.00. The van der Waals surface area contributed by atoms with E-state index in [0.717, 1.165) is 25.0 Å². The Bertz CT molecular complexity index is 530. The fourth-order valence-corrected chi connectivity index (χ4v) is 3.53. The Morgan fingerprint density at radius 3 is 2.56 bits per heavy atom. The molecule has 1 aromatic rings. The van der Waals surface area contributed by atoms with Crippen LogP contribution in [0, 0.1) is 17.3 Å². The minimum absolute atomic E-state index is 0. The first kappa shape index (κ1) is 21.9. The van der Waals surface area contributed by atoms with Crippen LogP contribution in [0.5, 0.6) is 0 Å². The molecule has 5 heteroatoms. The third-order valence-corrected chi connectivity index (χ3v) is 4.97. The van der Waals surface area contributed by atoms with E-state index in [1.165, 1.54) is 0 Å². The molecule has 1 aliphatic heterocycles. The van der Waals surface area contributed by atoms with Crippen molar-refractivity contribution >= 4 is 18.3 Å². The Morgan fingerprint density at radius 1 is 1.32 bits per heavy atom. The zero-order valence-electron chi connectivity index (χ0n) is 15.8. The van der Waals surface area contributed by atoms with Gasteiger partial charge in [0.1, 0.15) is 0 Å². The summed E-state index contributed by atoms with van der Waals surface area (Å²) in [4.78, 5) is 12.5. The maximum absolute atomic E-state index is 12.5. The third kappa shape index (κ3) is 5.98. The van der Waals surface area contributed by atoms with Gasteiger partial charge in [-0.3, -0.25) is 4.79 Å². The van der Waals surface area contributed by atoms with Gasteiger partial charge in [-0.1, -0.05) is 58.0 Å². The lowest BCUT2D eigenvalue weighted by Crippen LogP contribution is -2.46. The highest BCUT2D eigenvalue weighted by molar-refractivity contribution is 5.85. The van der Waals surface area contributed by atoms with Gasteiger partial charge in [0.25, 0.3) is 0 Å². The number of nitrogens with two attached hydrogens (primary N) is 1. The van der Waals surface area contributed by atoms with Gasteiger partial charge in [-0.05, 0) is 23.8 Å². The molecular weight excluding hydrogens is 336 g/mol. The molecule has 1 heterocycles. The first-order chi connectivity index (χ1) is 11.3. The lowest BCUT2D eigenvalue weighted by Gasteiger charge is -2.40. The topological polar surface area (TPSA) is 64.3 Å². The third-order valence-electron chi connectivity index (χ3n) is 4.97. The van der Waals surface area contributed by atoms with Crippen LogP contribution >= 0.6 is 12.4 Å². The summed E-state index contributed by atoms with van der Waals surface area (Å²) >= 11 is 0. The molecule has 3 N–H and O–H groups in total. The molecule has 1 aromatic carbocycles. The molecule has 142 valence electrons. The number of benzene rings is 1. The minimum Gasteiger partial charge on any atom is -0.377 e. The molecule has 0 aliphatic carbocycles. The van der Waals surface area contributed by atoms with Crippen molar-refractivity contribution in [2.75, 3.05) is 13.2 Å². The standard InChI is InChI=1S/C20H32N2O2.ClH/c1-14(17(21)15-9-6-5-7-10-15)19(23)22-13-16-11-8-12-24-18(16)20(2,3)4;/h5-7,9-10,14,16-18H,8,11-13,21H2,1-4H3,(H,22,23);1H. The smallest absolute Gasteiger partial charge is 0.224 e. The van der Waals surface area contributed by atoms with Crippen LogP contribution in [0.2, 0.25) is 0 Å². The second kappa shape index (κ2) is 9.56. The van der Waals surface area contributed by atoms with E-state index in [1.807, 2.05) is 37.3 Å². The number of amides is 1. The van der Waals surface area contributed by atoms with Gasteiger partial charge < -0.3 is 15.8 Å². The number of carbonyl (C=O) groups excluding carboxylic acids is 1. The summed E-state index contributed by atoms with van der Waals surface area (Å²) in [5, 5.41) is 3.11. The normalized spacial score (nSPS) is 23.2. The number of halogens is 1. The van der Waals surface area contributed by atoms with Gasteiger partial charge in [0.2, 0.25) is 5.91 Å². The number of rotatable bonds is 5. The zero-order valence-corrected chi connectivity index (χ0v) is 16.6. The van der Waals surface area contributed by atoms with Gasteiger partial charge >= 0.3 is 0 Å². The Labute approximate surface area is 158 Å². The average molecular weight is 369 g/mol. The van der Waals surface area contributed by atoms with Crippen LogP contribution < -0.4 is 11.1 Å². The molecule has 1 amide bonds. The molecule has 2 rings (SSSR count). The Kier molecular flexibility index (Phi) is 8.39. The summed E-state index contributed by atoms with van der Waals surface area (Å²) in [6, 6.07) is 9.52. The molecule has 4 unspecified atom stereocenters. The monoisotopic (exact) mass is 368 g/mol. The predicted molar refractivity (Wildman–Crippen MR) is 105 cm³/mol. The SMILES string of the molecule is CC(C(=O)NCC1CCCOC1C(C)(C)C)C(N)c1ccccc1.Cl. The summed E-state index contributed by atoms with van der Waals surface area (Å²) in [6.45, 7) is 9.98. The number of ether oxygens (including phenoxy) is 1. The number of carbonyl (C=O) groups is 1. The van der Waals surface area contributed by atoms with Gasteiger partial charge in [0, 0.05) is 25.1 Å². The van der Waals surface area contributed by atoms with Crippen molar-refractivity contribution in [3.63, 3.8) is 0 Å². The van der Waals surface area contributed by atoms with Crippen LogP contribution in [0.4, 0.5) is 0 Å². The molecule has 1 saturated heterocycles. The number of hydrogen-bond donors (Lipinski definition) is 2. The average Bonchev–Trinajstić information content (AvgIpc) is 2.58. The van der Waals surface area contributed by atoms with Gasteiger partial charge in [0.05, 0.1) is 12.0 Å². The van der Waals surface area contributed by atoms with E-state index in [4.69, 9.17) is 10.5 Å². The molecule has 0 spiro atoms. The largest absolute Gasteiger partial charge is 0.377 e. The first-order valence-electron chi connectivity index (χ1n) is 9.00. The zero-order chi connectivity index (χ0) is 17.7. The fourth-order valence-electron chi connectivity index (χ4n) is 3.53. The second-order valence-electron chi connectivity index (χ2n) is 8.03. The van der Waals surface area contributed by atoms with Crippen molar-refractivity contribution in [2.24, 2.45) is 23.0 Å². The highest BCUT2D eigenvalue weighted by Gasteiger charge is 2.35. The van der Waals surface area contributed by atoms with Gasteiger partial charge in [-0.25, -0.2) is 0 Å². The van der Waals surface area contributed by atoms with E-state index in [0.29, 0.717) is 12.5 Å². The van der Waals surface area contributed by atoms with Gasteiger partial charge in [-0.2, -0.15) is 0 Å². The second-order valence-corrected chi connectivity index (χ2v) is 8.03. The Balaban J connectivity index is 0.00000312. The minimum atomic E-state index is -0.285. The predicted octanol–water partition coefficient (Wildman–Crippen LogP) is 3.70. The fraction of sp³-hybridized carbons (Fsp3) is 0.650. The highest BCUT2D eigenvalue weighted by Crippen LogP contribution is 2.33. The molecule has 0 aromatic heterocycles. The van der Waals surface area contributed by atoms with Crippen molar-refractivity contribution in [3.05, 3.63) is 35.9 Å². The van der Waals surface area contributed by atoms with Crippen LogP contribution in [0.25, 0.3) is 0 Å². The highest BCUT2D eigenvalue weighted by atomic mass is 35.5. The molecule has 0 radical (unpaired) electrons. The van der Waals surface area contributed by atoms with Gasteiger partial charge in [-0.15, -0.1) is 12.4 Å². The number of hydrogen-bond acceptors (Lipinski definition) is 3. The molecule has 4 nitrogen and oxygen atoms in total. The van der Waals surface area contributed by atoms with Crippen LogP contribution in [0.3, 0.4) is 0 Å². The lowest BCUT2D eigenvalue weighted by molar-refractivity contribution is -0.127. The molecule has 1 aliphatic rings. The van der Waals surface area contributed by atoms with Crippen LogP contribution in [0.1, 0.15) is 52.1 Å². The van der Waals surface area contributed by atoms with Crippen molar-refractivity contribution in [3.8, 4) is 0 Å². The molecule has 1 fully saturated rings. The molecule has 0 saturated carbocycles. The van der Waals surface area contributed by atoms with E-state index >= 15 is 0 Å². The van der Waals surface area contributed by atoms with Crippen molar-refractivity contribution < 1.29 is 9.53 Å². The molecule has 0 bridgehead atoms. The summed E-state index contributed by atoms with van der Waals surface area (Å²) < 4.78 is 5.99. The quantitative estimate of drug-likeness (QED) is 0.832. The summed E-state index contributed by atoms with van der Waals surface area (Å²) in [5.41, 5.74) is 7.34. The maximum Gasteiger partial charge on any atom is 0.224 e. The van der Waals surface area contributed by atoms with Crippen molar-refractivity contribution in [2.45, 2.75) is 52.7 Å². The molecular formula is C20H33ClN2O2. The summed E-state index contributed by atoms with van der Waals surface area (Å²) in [6.07, 6.45) is 2.35. The van der Waals surface area contributed by atoms with E-state index in [2.05, 4.69) is 26.1 Å². The van der Waals surface area contributed by atoms with Crippen molar-refractivity contribution in [1.29, 1.82) is 0 Å². The van der Waals surface area contributed by atoms with Crippen LogP contribution in [-0.4, -0.2) is 25.2 Å². The summed E-state index contributed by atoms with van der Waals surface area (Å²) in [5.74, 6) is 0.123. The van der Waals surface area contributed by atoms with Crippen LogP contribution in [-0.2, 0) is 9.53 Å². The van der Waals surface area contributed by atoms with Crippen molar-refractivity contribution in [1.82, 2.24) is 5.32 Å². The number of nitrogens with one attached hydrogen (secondary N) is 1.